The number of hydrogen-bond donors (Lipinski definition) is 1. The molecule has 0 radical (unpaired) electrons. The minimum atomic E-state index is -0.300. The molecule has 1 saturated heterocycles. The summed E-state index contributed by atoms with van der Waals surface area (Å²) >= 11 is 6.00. The molecule has 1 aromatic carbocycles. The predicted molar refractivity (Wildman–Crippen MR) is 66.5 cm³/mol. The normalized spacial score (nSPS) is 21.7. The van der Waals surface area contributed by atoms with Gasteiger partial charge in [-0.1, -0.05) is 17.7 Å². The fourth-order valence-corrected chi connectivity index (χ4v) is 2.56. The van der Waals surface area contributed by atoms with E-state index in [2.05, 4.69) is 4.90 Å². The van der Waals surface area contributed by atoms with Crippen molar-refractivity contribution < 1.29 is 9.50 Å². The molecule has 0 aromatic heterocycles. The maximum Gasteiger partial charge on any atom is 0.124 e. The highest BCUT2D eigenvalue weighted by atomic mass is 35.5. The summed E-state index contributed by atoms with van der Waals surface area (Å²) in [6.07, 6.45) is 2.19. The van der Waals surface area contributed by atoms with E-state index in [9.17, 15) is 4.39 Å². The third-order valence-corrected chi connectivity index (χ3v) is 3.62. The van der Waals surface area contributed by atoms with E-state index in [1.54, 1.807) is 6.07 Å². The minimum absolute atomic E-state index is 0.244. The highest BCUT2D eigenvalue weighted by Gasteiger charge is 2.19. The Bertz CT molecular complexity index is 386. The third kappa shape index (κ3) is 3.41. The Hall–Kier alpha value is -0.640. The highest BCUT2D eigenvalue weighted by Crippen LogP contribution is 2.22. The first kappa shape index (κ1) is 12.8. The molecular formula is C13H17ClFNO. The summed E-state index contributed by atoms with van der Waals surface area (Å²) in [5.74, 6) is 0.0635. The lowest BCUT2D eigenvalue weighted by molar-refractivity contribution is 0.116. The molecule has 1 atom stereocenters. The number of hydrogen-bond acceptors (Lipinski definition) is 2. The maximum atomic E-state index is 12.9. The van der Waals surface area contributed by atoms with Crippen LogP contribution < -0.4 is 0 Å². The average Bonchev–Trinajstić information content (AvgIpc) is 2.33. The minimum Gasteiger partial charge on any atom is -0.396 e. The van der Waals surface area contributed by atoms with E-state index in [1.165, 1.54) is 12.1 Å². The van der Waals surface area contributed by atoms with Gasteiger partial charge in [0.25, 0.3) is 0 Å². The molecular weight excluding hydrogens is 241 g/mol. The maximum absolute atomic E-state index is 12.9. The van der Waals surface area contributed by atoms with Gasteiger partial charge in [0.2, 0.25) is 0 Å². The topological polar surface area (TPSA) is 23.5 Å². The molecule has 0 saturated carbocycles. The van der Waals surface area contributed by atoms with Crippen LogP contribution >= 0.6 is 11.6 Å². The quantitative estimate of drug-likeness (QED) is 0.900. The number of halogens is 2. The number of likely N-dealkylation sites (tertiary alicyclic amines) is 1. The van der Waals surface area contributed by atoms with E-state index in [0.717, 1.165) is 38.0 Å². The van der Waals surface area contributed by atoms with Crippen molar-refractivity contribution in [3.05, 3.63) is 34.6 Å². The summed E-state index contributed by atoms with van der Waals surface area (Å²) < 4.78 is 12.9. The van der Waals surface area contributed by atoms with Gasteiger partial charge in [0.1, 0.15) is 5.82 Å². The smallest absolute Gasteiger partial charge is 0.124 e. The van der Waals surface area contributed by atoms with Crippen molar-refractivity contribution in [1.82, 2.24) is 4.90 Å². The lowest BCUT2D eigenvalue weighted by atomic mass is 9.98. The van der Waals surface area contributed by atoms with Crippen LogP contribution in [-0.4, -0.2) is 29.7 Å². The molecule has 2 nitrogen and oxygen atoms in total. The van der Waals surface area contributed by atoms with E-state index in [0.29, 0.717) is 10.9 Å². The molecule has 94 valence electrons. The number of aliphatic hydroxyl groups is 1. The zero-order chi connectivity index (χ0) is 12.3. The summed E-state index contributed by atoms with van der Waals surface area (Å²) in [5.41, 5.74) is 0.951. The predicted octanol–water partition coefficient (Wildman–Crippen LogP) is 2.68. The van der Waals surface area contributed by atoms with Crippen LogP contribution in [0.1, 0.15) is 18.4 Å². The second kappa shape index (κ2) is 5.80. The van der Waals surface area contributed by atoms with Crippen molar-refractivity contribution in [1.29, 1.82) is 0 Å². The van der Waals surface area contributed by atoms with Crippen LogP contribution in [0.3, 0.4) is 0 Å². The van der Waals surface area contributed by atoms with E-state index >= 15 is 0 Å². The van der Waals surface area contributed by atoms with Crippen molar-refractivity contribution in [3.8, 4) is 0 Å². The highest BCUT2D eigenvalue weighted by molar-refractivity contribution is 6.31. The van der Waals surface area contributed by atoms with Gasteiger partial charge in [-0.2, -0.15) is 0 Å². The summed E-state index contributed by atoms with van der Waals surface area (Å²) in [4.78, 5) is 2.27. The summed E-state index contributed by atoms with van der Waals surface area (Å²) in [6.45, 7) is 2.89. The van der Waals surface area contributed by atoms with Gasteiger partial charge in [-0.25, -0.2) is 4.39 Å². The molecule has 1 N–H and O–H groups in total. The van der Waals surface area contributed by atoms with Gasteiger partial charge in [0.05, 0.1) is 0 Å². The van der Waals surface area contributed by atoms with Gasteiger partial charge in [-0.3, -0.25) is 4.90 Å². The Morgan fingerprint density at radius 2 is 2.29 bits per heavy atom. The van der Waals surface area contributed by atoms with E-state index in [-0.39, 0.29) is 12.4 Å². The zero-order valence-corrected chi connectivity index (χ0v) is 10.5. The van der Waals surface area contributed by atoms with E-state index < -0.39 is 0 Å². The van der Waals surface area contributed by atoms with Crippen molar-refractivity contribution in [2.45, 2.75) is 19.4 Å². The molecule has 0 spiro atoms. The van der Waals surface area contributed by atoms with Gasteiger partial charge >= 0.3 is 0 Å². The Morgan fingerprint density at radius 3 is 3.00 bits per heavy atom. The summed E-state index contributed by atoms with van der Waals surface area (Å²) in [5, 5.41) is 9.65. The molecule has 1 fully saturated rings. The van der Waals surface area contributed by atoms with Crippen LogP contribution in [0.25, 0.3) is 0 Å². The Kier molecular flexibility index (Phi) is 4.37. The van der Waals surface area contributed by atoms with Crippen molar-refractivity contribution in [3.63, 3.8) is 0 Å². The van der Waals surface area contributed by atoms with Gasteiger partial charge in [0, 0.05) is 24.7 Å². The first-order chi connectivity index (χ1) is 8.19. The third-order valence-electron chi connectivity index (χ3n) is 3.27. The Labute approximate surface area is 106 Å². The molecule has 0 bridgehead atoms. The van der Waals surface area contributed by atoms with E-state index in [4.69, 9.17) is 16.7 Å². The number of piperidine rings is 1. The van der Waals surface area contributed by atoms with Crippen LogP contribution in [0.4, 0.5) is 4.39 Å². The van der Waals surface area contributed by atoms with Crippen LogP contribution in [-0.2, 0) is 6.54 Å². The molecule has 1 aliphatic heterocycles. The molecule has 2 rings (SSSR count). The van der Waals surface area contributed by atoms with Crippen LogP contribution in [0, 0.1) is 11.7 Å². The Balaban J connectivity index is 2.00. The molecule has 1 unspecified atom stereocenters. The standard InChI is InChI=1S/C13H17ClFNO/c14-13-6-12(15)4-3-11(13)8-16-5-1-2-10(7-16)9-17/h3-4,6,10,17H,1-2,5,7-9H2. The molecule has 1 aromatic rings. The second-order valence-corrected chi connectivity index (χ2v) is 5.07. The molecule has 0 amide bonds. The van der Waals surface area contributed by atoms with Crippen LogP contribution in [0.5, 0.6) is 0 Å². The van der Waals surface area contributed by atoms with Gasteiger partial charge < -0.3 is 5.11 Å². The summed E-state index contributed by atoms with van der Waals surface area (Å²) in [6, 6.07) is 4.53. The number of rotatable bonds is 3. The van der Waals surface area contributed by atoms with Gasteiger partial charge in [-0.05, 0) is 43.0 Å². The number of aliphatic hydroxyl groups excluding tert-OH is 1. The van der Waals surface area contributed by atoms with Crippen LogP contribution in [0.15, 0.2) is 18.2 Å². The fourth-order valence-electron chi connectivity index (χ4n) is 2.33. The first-order valence-electron chi connectivity index (χ1n) is 5.96. The Morgan fingerprint density at radius 1 is 1.47 bits per heavy atom. The van der Waals surface area contributed by atoms with Gasteiger partial charge in [-0.15, -0.1) is 0 Å². The van der Waals surface area contributed by atoms with E-state index in [1.807, 2.05) is 0 Å². The largest absolute Gasteiger partial charge is 0.396 e. The summed E-state index contributed by atoms with van der Waals surface area (Å²) in [7, 11) is 0. The zero-order valence-electron chi connectivity index (χ0n) is 9.70. The monoisotopic (exact) mass is 257 g/mol. The molecule has 0 aliphatic carbocycles. The number of nitrogens with zero attached hydrogens (tertiary/aromatic N) is 1. The average molecular weight is 258 g/mol. The lowest BCUT2D eigenvalue weighted by Crippen LogP contribution is -2.36. The van der Waals surface area contributed by atoms with Gasteiger partial charge in [0.15, 0.2) is 0 Å². The molecule has 1 aliphatic rings. The fraction of sp³-hybridized carbons (Fsp3) is 0.538. The van der Waals surface area contributed by atoms with Crippen molar-refractivity contribution in [2.24, 2.45) is 5.92 Å². The SMILES string of the molecule is OCC1CCCN(Cc2ccc(F)cc2Cl)C1. The number of benzene rings is 1. The molecule has 4 heteroatoms. The second-order valence-electron chi connectivity index (χ2n) is 4.66. The molecule has 17 heavy (non-hydrogen) atoms. The van der Waals surface area contributed by atoms with Crippen LogP contribution in [0.2, 0.25) is 5.02 Å². The first-order valence-corrected chi connectivity index (χ1v) is 6.34. The van der Waals surface area contributed by atoms with Crippen molar-refractivity contribution in [2.75, 3.05) is 19.7 Å². The molecule has 1 heterocycles. The lowest BCUT2D eigenvalue weighted by Gasteiger charge is -2.31. The van der Waals surface area contributed by atoms with Crippen molar-refractivity contribution >= 4 is 11.6 Å².